The molecule has 1 aromatic heterocycles. The average molecular weight is 862 g/mol. The maximum Gasteiger partial charge on any atom is 0.306 e. The lowest BCUT2D eigenvalue weighted by Crippen LogP contribution is -2.28. The summed E-state index contributed by atoms with van der Waals surface area (Å²) in [4.78, 5) is 26.0. The molecule has 11 nitrogen and oxygen atoms in total. The van der Waals surface area contributed by atoms with E-state index in [1.807, 2.05) is 24.3 Å². The van der Waals surface area contributed by atoms with Crippen LogP contribution in [0.3, 0.4) is 0 Å². The first-order valence-electron chi connectivity index (χ1n) is 19.8. The fourth-order valence-electron chi connectivity index (χ4n) is 7.21. The lowest BCUT2D eigenvalue weighted by Gasteiger charge is -2.19. The van der Waals surface area contributed by atoms with Gasteiger partial charge in [-0.3, -0.25) is 14.6 Å². The van der Waals surface area contributed by atoms with Crippen LogP contribution in [0.25, 0.3) is 33.0 Å². The molecule has 0 fully saturated rings. The number of nitriles is 1. The van der Waals surface area contributed by atoms with Crippen LogP contribution in [0.1, 0.15) is 58.2 Å². The first kappa shape index (κ1) is 44.5. The van der Waals surface area contributed by atoms with Crippen LogP contribution < -0.4 is 20.1 Å². The number of hydrogen-bond acceptors (Lipinski definition) is 9. The van der Waals surface area contributed by atoms with Gasteiger partial charge in [-0.25, -0.2) is 0 Å². The number of carboxylic acid groups (broad SMARTS) is 2. The second-order valence-corrected chi connectivity index (χ2v) is 15.6. The van der Waals surface area contributed by atoms with Crippen molar-refractivity contribution in [3.8, 4) is 39.8 Å². The molecule has 0 bridgehead atoms. The molecule has 0 amide bonds. The number of carbonyl (C=O) groups is 2. The quantitative estimate of drug-likeness (QED) is 0.0463. The smallest absolute Gasteiger partial charge is 0.306 e. The fourth-order valence-corrected chi connectivity index (χ4v) is 7.67. The van der Waals surface area contributed by atoms with E-state index >= 15 is 0 Å². The van der Waals surface area contributed by atoms with Gasteiger partial charge in [0.15, 0.2) is 0 Å². The van der Waals surface area contributed by atoms with Gasteiger partial charge in [-0.1, -0.05) is 77.8 Å². The van der Waals surface area contributed by atoms with E-state index in [4.69, 9.17) is 42.9 Å². The highest BCUT2D eigenvalue weighted by Gasteiger charge is 2.17. The van der Waals surface area contributed by atoms with Gasteiger partial charge in [0.2, 0.25) is 0 Å². The number of aliphatic carboxylic acids is 2. The SMILES string of the molecule is Cc1c(COc2cc(OCc3cncc(C#N)c3)c(CNCC(O)CC(=O)O)cc2Cl)cccc1-c1cccc(-c2ccc3c(CNCCCC(=O)O)ccc(Cl)c3c2)c1C. The molecule has 1 atom stereocenters. The molecule has 1 unspecified atom stereocenters. The topological polar surface area (TPSA) is 174 Å². The summed E-state index contributed by atoms with van der Waals surface area (Å²) in [5.41, 5.74) is 10.2. The summed E-state index contributed by atoms with van der Waals surface area (Å²) >= 11 is 13.5. The Morgan fingerprint density at radius 3 is 2.26 bits per heavy atom. The van der Waals surface area contributed by atoms with Crippen LogP contribution >= 0.6 is 23.2 Å². The number of pyridine rings is 1. The first-order chi connectivity index (χ1) is 29.4. The van der Waals surface area contributed by atoms with E-state index in [1.165, 1.54) is 6.20 Å². The third-order valence-corrected chi connectivity index (χ3v) is 11.0. The molecule has 5 N–H and O–H groups in total. The predicted octanol–water partition coefficient (Wildman–Crippen LogP) is 9.40. The van der Waals surface area contributed by atoms with Gasteiger partial charge in [-0.05, 0) is 101 Å². The minimum absolute atomic E-state index is 0.0447. The number of aliphatic hydroxyl groups excluding tert-OH is 1. The van der Waals surface area contributed by atoms with Crippen molar-refractivity contribution in [3.63, 3.8) is 0 Å². The van der Waals surface area contributed by atoms with Crippen LogP contribution in [0.4, 0.5) is 0 Å². The number of rotatable bonds is 20. The zero-order chi connectivity index (χ0) is 43.5. The summed E-state index contributed by atoms with van der Waals surface area (Å²) in [6.07, 6.45) is 2.31. The summed E-state index contributed by atoms with van der Waals surface area (Å²) in [6, 6.07) is 29.8. The highest BCUT2D eigenvalue weighted by atomic mass is 35.5. The second-order valence-electron chi connectivity index (χ2n) is 14.8. The number of aliphatic hydroxyl groups is 1. The monoisotopic (exact) mass is 860 g/mol. The maximum atomic E-state index is 11.0. The lowest BCUT2D eigenvalue weighted by molar-refractivity contribution is -0.139. The van der Waals surface area contributed by atoms with Crippen LogP contribution in [-0.2, 0) is 35.9 Å². The van der Waals surface area contributed by atoms with E-state index in [0.29, 0.717) is 57.7 Å². The molecule has 0 aliphatic rings. The van der Waals surface area contributed by atoms with Crippen molar-refractivity contribution in [2.24, 2.45) is 0 Å². The fraction of sp³-hybridized carbons (Fsp3) is 0.250. The van der Waals surface area contributed by atoms with Crippen LogP contribution in [-0.4, -0.2) is 51.4 Å². The van der Waals surface area contributed by atoms with Gasteiger partial charge in [0, 0.05) is 66.1 Å². The Labute approximate surface area is 364 Å². The highest BCUT2D eigenvalue weighted by molar-refractivity contribution is 6.35. The molecule has 6 rings (SSSR count). The van der Waals surface area contributed by atoms with E-state index in [1.54, 1.807) is 24.4 Å². The van der Waals surface area contributed by atoms with E-state index in [2.05, 4.69) is 78.0 Å². The molecule has 0 saturated carbocycles. The Balaban J connectivity index is 1.22. The number of carboxylic acids is 2. The Kier molecular flexibility index (Phi) is 15.3. The van der Waals surface area contributed by atoms with Gasteiger partial charge < -0.3 is 35.4 Å². The van der Waals surface area contributed by atoms with Crippen molar-refractivity contribution in [1.82, 2.24) is 15.6 Å². The highest BCUT2D eigenvalue weighted by Crippen LogP contribution is 2.38. The van der Waals surface area contributed by atoms with E-state index in [0.717, 1.165) is 55.3 Å². The molecule has 314 valence electrons. The Morgan fingerprint density at radius 1 is 0.754 bits per heavy atom. The van der Waals surface area contributed by atoms with Crippen LogP contribution in [0.2, 0.25) is 10.0 Å². The lowest BCUT2D eigenvalue weighted by atomic mass is 9.89. The van der Waals surface area contributed by atoms with Gasteiger partial charge in [-0.2, -0.15) is 5.26 Å². The second kappa shape index (κ2) is 21.0. The minimum Gasteiger partial charge on any atom is -0.488 e. The standard InChI is InChI=1S/C48H46Cl2N4O7/c1-29-35(28-61-46-20-45(60-27-32-16-31(21-51)22-53-23-32)36(18-44(46)50)25-54-26-37(55)19-48(58)59)6-3-8-39(29)40-9-4-7-38(30(40)2)33-11-13-41-34(12-14-43(49)42(41)17-33)24-52-15-5-10-47(56)57/h3-4,6-9,11-14,16-18,20,22-23,37,52,54-55H,5,10,15,19,24-28H2,1-2H3,(H,56,57)(H,58,59). The van der Waals surface area contributed by atoms with Crippen LogP contribution in [0.15, 0.2) is 97.3 Å². The Hall–Kier alpha value is -6.00. The van der Waals surface area contributed by atoms with Gasteiger partial charge >= 0.3 is 11.9 Å². The summed E-state index contributed by atoms with van der Waals surface area (Å²) in [6.45, 7) is 5.99. The molecular weight excluding hydrogens is 815 g/mol. The molecule has 0 spiro atoms. The largest absolute Gasteiger partial charge is 0.488 e. The number of halogens is 2. The van der Waals surface area contributed by atoms with Crippen molar-refractivity contribution >= 4 is 45.9 Å². The van der Waals surface area contributed by atoms with Gasteiger partial charge in [-0.15, -0.1) is 0 Å². The molecule has 6 aromatic rings. The minimum atomic E-state index is -1.10. The van der Waals surface area contributed by atoms with Crippen molar-refractivity contribution in [2.45, 2.75) is 65.5 Å². The normalized spacial score (nSPS) is 11.6. The number of aromatic nitrogens is 1. The first-order valence-corrected chi connectivity index (χ1v) is 20.5. The third kappa shape index (κ3) is 11.6. The van der Waals surface area contributed by atoms with Crippen LogP contribution in [0.5, 0.6) is 11.5 Å². The molecule has 0 radical (unpaired) electrons. The number of ether oxygens (including phenoxy) is 2. The number of fused-ring (bicyclic) bond motifs is 1. The van der Waals surface area contributed by atoms with E-state index in [-0.39, 0.29) is 32.7 Å². The summed E-state index contributed by atoms with van der Waals surface area (Å²) in [5.74, 6) is -1.05. The van der Waals surface area contributed by atoms with Gasteiger partial charge in [0.1, 0.15) is 30.8 Å². The van der Waals surface area contributed by atoms with Crippen molar-refractivity contribution in [2.75, 3.05) is 13.1 Å². The molecule has 0 saturated heterocycles. The zero-order valence-corrected chi connectivity index (χ0v) is 35.3. The van der Waals surface area contributed by atoms with Gasteiger partial charge in [0.05, 0.1) is 23.1 Å². The number of nitrogens with zero attached hydrogens (tertiary/aromatic N) is 2. The molecule has 0 aliphatic carbocycles. The molecule has 13 heteroatoms. The predicted molar refractivity (Wildman–Crippen MR) is 237 cm³/mol. The Morgan fingerprint density at radius 2 is 1.49 bits per heavy atom. The maximum absolute atomic E-state index is 11.0. The summed E-state index contributed by atoms with van der Waals surface area (Å²) in [5, 5.41) is 46.8. The van der Waals surface area contributed by atoms with Crippen molar-refractivity contribution < 1.29 is 34.4 Å². The molecule has 5 aromatic carbocycles. The van der Waals surface area contributed by atoms with Gasteiger partial charge in [0.25, 0.3) is 0 Å². The van der Waals surface area contributed by atoms with Crippen molar-refractivity contribution in [1.29, 1.82) is 5.26 Å². The van der Waals surface area contributed by atoms with E-state index in [9.17, 15) is 20.0 Å². The Bertz CT molecular complexity index is 2590. The molecular formula is C48H46Cl2N4O7. The van der Waals surface area contributed by atoms with E-state index < -0.39 is 24.5 Å². The number of nitrogens with one attached hydrogen (secondary N) is 2. The summed E-state index contributed by atoms with van der Waals surface area (Å²) < 4.78 is 12.6. The van der Waals surface area contributed by atoms with Crippen molar-refractivity contribution in [3.05, 3.63) is 146 Å². The molecule has 61 heavy (non-hydrogen) atoms. The third-order valence-electron chi connectivity index (χ3n) is 10.4. The van der Waals surface area contributed by atoms with Crippen LogP contribution in [0, 0.1) is 25.2 Å². The number of hydrogen-bond donors (Lipinski definition) is 5. The summed E-state index contributed by atoms with van der Waals surface area (Å²) in [7, 11) is 0. The molecule has 1 heterocycles. The molecule has 0 aliphatic heterocycles. The average Bonchev–Trinajstić information content (AvgIpc) is 3.24. The number of benzene rings is 5. The zero-order valence-electron chi connectivity index (χ0n) is 33.8.